The van der Waals surface area contributed by atoms with Gasteiger partial charge in [0.15, 0.2) is 0 Å². The van der Waals surface area contributed by atoms with E-state index in [-0.39, 0.29) is 18.6 Å². The van der Waals surface area contributed by atoms with Crippen molar-refractivity contribution in [3.05, 3.63) is 65.7 Å². The summed E-state index contributed by atoms with van der Waals surface area (Å²) in [6, 6.07) is 17.3. The van der Waals surface area contributed by atoms with Gasteiger partial charge in [-0.1, -0.05) is 30.3 Å². The lowest BCUT2D eigenvalue weighted by Gasteiger charge is -2.27. The van der Waals surface area contributed by atoms with E-state index >= 15 is 0 Å². The molecule has 0 radical (unpaired) electrons. The number of anilines is 1. The van der Waals surface area contributed by atoms with E-state index in [2.05, 4.69) is 27.1 Å². The summed E-state index contributed by atoms with van der Waals surface area (Å²) in [6.45, 7) is 1.45. The lowest BCUT2D eigenvalue weighted by atomic mass is 10.1. The van der Waals surface area contributed by atoms with Crippen LogP contribution in [0.25, 0.3) is 0 Å². The van der Waals surface area contributed by atoms with Gasteiger partial charge in [-0.15, -0.1) is 0 Å². The van der Waals surface area contributed by atoms with Crippen molar-refractivity contribution in [3.8, 4) is 0 Å². The van der Waals surface area contributed by atoms with Crippen LogP contribution in [0.1, 0.15) is 15.9 Å². The first-order valence-corrected chi connectivity index (χ1v) is 7.91. The summed E-state index contributed by atoms with van der Waals surface area (Å²) in [5, 5.41) is 13.0. The van der Waals surface area contributed by atoms with Crippen LogP contribution >= 0.6 is 0 Å². The second kappa shape index (κ2) is 9.05. The summed E-state index contributed by atoms with van der Waals surface area (Å²) in [6.07, 6.45) is 0. The number of aliphatic hydroxyl groups excluding tert-OH is 1. The van der Waals surface area contributed by atoms with Crippen LogP contribution in [0.3, 0.4) is 0 Å². The Morgan fingerprint density at radius 2 is 1.83 bits per heavy atom. The van der Waals surface area contributed by atoms with Gasteiger partial charge in [0.25, 0.3) is 0 Å². The van der Waals surface area contributed by atoms with Crippen LogP contribution in [0.15, 0.2) is 54.6 Å². The Bertz CT molecular complexity index is 629. The van der Waals surface area contributed by atoms with Gasteiger partial charge in [-0.05, 0) is 36.9 Å². The standard InChI is InChI=1S/C19H24N2O3/c1-21(13-15-6-4-3-5-7-15)18(14-22)12-20-17-10-8-16(9-11-17)19(23)24-2/h3-11,18,20,22H,12-14H2,1-2H3/t18-/m0/s1. The Morgan fingerprint density at radius 3 is 2.42 bits per heavy atom. The summed E-state index contributed by atoms with van der Waals surface area (Å²) < 4.78 is 4.68. The first-order valence-electron chi connectivity index (χ1n) is 7.91. The van der Waals surface area contributed by atoms with Crippen LogP contribution in [0.4, 0.5) is 5.69 Å². The first kappa shape index (κ1) is 18.0. The number of carbonyl (C=O) groups excluding carboxylic acids is 1. The summed E-state index contributed by atoms with van der Waals surface area (Å²) >= 11 is 0. The Hall–Kier alpha value is -2.37. The fourth-order valence-electron chi connectivity index (χ4n) is 2.44. The van der Waals surface area contributed by atoms with E-state index in [1.807, 2.05) is 37.4 Å². The number of aliphatic hydroxyl groups is 1. The van der Waals surface area contributed by atoms with E-state index < -0.39 is 0 Å². The topological polar surface area (TPSA) is 61.8 Å². The molecule has 2 aromatic carbocycles. The maximum absolute atomic E-state index is 11.4. The van der Waals surface area contributed by atoms with E-state index in [0.717, 1.165) is 12.2 Å². The predicted molar refractivity (Wildman–Crippen MR) is 95.1 cm³/mol. The second-order valence-corrected chi connectivity index (χ2v) is 5.69. The molecule has 24 heavy (non-hydrogen) atoms. The summed E-state index contributed by atoms with van der Waals surface area (Å²) in [5.41, 5.74) is 2.62. The second-order valence-electron chi connectivity index (χ2n) is 5.69. The van der Waals surface area contributed by atoms with Crippen LogP contribution in [0.2, 0.25) is 0 Å². The number of carbonyl (C=O) groups is 1. The minimum Gasteiger partial charge on any atom is -0.465 e. The van der Waals surface area contributed by atoms with E-state index in [1.54, 1.807) is 12.1 Å². The molecule has 2 rings (SSSR count). The highest BCUT2D eigenvalue weighted by Crippen LogP contribution is 2.12. The minimum atomic E-state index is -0.350. The number of esters is 1. The fraction of sp³-hybridized carbons (Fsp3) is 0.316. The number of ether oxygens (including phenoxy) is 1. The molecule has 128 valence electrons. The highest BCUT2D eigenvalue weighted by Gasteiger charge is 2.14. The molecule has 0 unspecified atom stereocenters. The average Bonchev–Trinajstić information content (AvgIpc) is 2.63. The number of rotatable bonds is 8. The number of methoxy groups -OCH3 is 1. The highest BCUT2D eigenvalue weighted by molar-refractivity contribution is 5.89. The Morgan fingerprint density at radius 1 is 1.17 bits per heavy atom. The molecule has 0 aromatic heterocycles. The van der Waals surface area contributed by atoms with E-state index in [9.17, 15) is 9.90 Å². The molecule has 0 heterocycles. The lowest BCUT2D eigenvalue weighted by Crippen LogP contribution is -2.39. The van der Waals surface area contributed by atoms with Gasteiger partial charge < -0.3 is 15.2 Å². The molecule has 0 aliphatic rings. The molecule has 2 aromatic rings. The van der Waals surface area contributed by atoms with Crippen LogP contribution in [0, 0.1) is 0 Å². The van der Waals surface area contributed by atoms with Gasteiger partial charge in [-0.3, -0.25) is 4.90 Å². The summed E-state index contributed by atoms with van der Waals surface area (Å²) in [5.74, 6) is -0.350. The molecule has 0 fully saturated rings. The van der Waals surface area contributed by atoms with Gasteiger partial charge >= 0.3 is 5.97 Å². The maximum Gasteiger partial charge on any atom is 0.337 e. The summed E-state index contributed by atoms with van der Waals surface area (Å²) in [4.78, 5) is 13.5. The van der Waals surface area contributed by atoms with Crippen molar-refractivity contribution in [2.75, 3.05) is 32.6 Å². The molecule has 0 amide bonds. The third kappa shape index (κ3) is 5.08. The summed E-state index contributed by atoms with van der Waals surface area (Å²) in [7, 11) is 3.36. The predicted octanol–water partition coefficient (Wildman–Crippen LogP) is 2.38. The largest absolute Gasteiger partial charge is 0.465 e. The van der Waals surface area contributed by atoms with Gasteiger partial charge in [0.2, 0.25) is 0 Å². The number of benzene rings is 2. The van der Waals surface area contributed by atoms with Crippen molar-refractivity contribution >= 4 is 11.7 Å². The van der Waals surface area contributed by atoms with Gasteiger partial charge in [0, 0.05) is 18.8 Å². The highest BCUT2D eigenvalue weighted by atomic mass is 16.5. The van der Waals surface area contributed by atoms with E-state index in [4.69, 9.17) is 0 Å². The van der Waals surface area contributed by atoms with Crippen molar-refractivity contribution in [1.82, 2.24) is 4.90 Å². The third-order valence-corrected chi connectivity index (χ3v) is 3.96. The molecule has 1 atom stereocenters. The van der Waals surface area contributed by atoms with Crippen molar-refractivity contribution in [2.24, 2.45) is 0 Å². The lowest BCUT2D eigenvalue weighted by molar-refractivity contribution is 0.0601. The Kier molecular flexibility index (Phi) is 6.78. The van der Waals surface area contributed by atoms with Gasteiger partial charge in [0.1, 0.15) is 0 Å². The normalized spacial score (nSPS) is 12.0. The number of hydrogen-bond acceptors (Lipinski definition) is 5. The monoisotopic (exact) mass is 328 g/mol. The molecule has 0 saturated carbocycles. The minimum absolute atomic E-state index is 0.00881. The Labute approximate surface area is 142 Å². The quantitative estimate of drug-likeness (QED) is 0.729. The Balaban J connectivity index is 1.89. The fourth-order valence-corrected chi connectivity index (χ4v) is 2.44. The van der Waals surface area contributed by atoms with Gasteiger partial charge in [-0.2, -0.15) is 0 Å². The maximum atomic E-state index is 11.4. The van der Waals surface area contributed by atoms with E-state index in [1.165, 1.54) is 12.7 Å². The number of nitrogens with zero attached hydrogens (tertiary/aromatic N) is 1. The molecule has 0 bridgehead atoms. The zero-order valence-electron chi connectivity index (χ0n) is 14.1. The number of hydrogen-bond donors (Lipinski definition) is 2. The first-order chi connectivity index (χ1) is 11.6. The smallest absolute Gasteiger partial charge is 0.337 e. The van der Waals surface area contributed by atoms with Crippen molar-refractivity contribution in [2.45, 2.75) is 12.6 Å². The SMILES string of the molecule is COC(=O)c1ccc(NC[C@@H](CO)N(C)Cc2ccccc2)cc1. The molecule has 0 aliphatic heterocycles. The molecule has 5 heteroatoms. The molecule has 0 spiro atoms. The van der Waals surface area contributed by atoms with Crippen LogP contribution < -0.4 is 5.32 Å². The van der Waals surface area contributed by atoms with Crippen LogP contribution in [0.5, 0.6) is 0 Å². The van der Waals surface area contributed by atoms with Crippen molar-refractivity contribution < 1.29 is 14.6 Å². The van der Waals surface area contributed by atoms with E-state index in [0.29, 0.717) is 12.1 Å². The molecular formula is C19H24N2O3. The van der Waals surface area contributed by atoms with Gasteiger partial charge in [0.05, 0.1) is 25.3 Å². The van der Waals surface area contributed by atoms with Crippen LogP contribution in [-0.4, -0.2) is 49.3 Å². The van der Waals surface area contributed by atoms with Gasteiger partial charge in [-0.25, -0.2) is 4.79 Å². The number of nitrogens with one attached hydrogen (secondary N) is 1. The van der Waals surface area contributed by atoms with Crippen LogP contribution in [-0.2, 0) is 11.3 Å². The van der Waals surface area contributed by atoms with Crippen molar-refractivity contribution in [1.29, 1.82) is 0 Å². The molecule has 2 N–H and O–H groups in total. The number of likely N-dealkylation sites (N-methyl/N-ethyl adjacent to an activating group) is 1. The molecule has 5 nitrogen and oxygen atoms in total. The average molecular weight is 328 g/mol. The molecular weight excluding hydrogens is 304 g/mol. The van der Waals surface area contributed by atoms with Crippen molar-refractivity contribution in [3.63, 3.8) is 0 Å². The third-order valence-electron chi connectivity index (χ3n) is 3.96. The molecule has 0 aliphatic carbocycles. The zero-order valence-corrected chi connectivity index (χ0v) is 14.1. The molecule has 0 saturated heterocycles. The zero-order chi connectivity index (χ0) is 17.4.